The van der Waals surface area contributed by atoms with Gasteiger partial charge in [0.25, 0.3) is 0 Å². The Morgan fingerprint density at radius 1 is 1.10 bits per heavy atom. The largest absolute Gasteiger partial charge is 0.316 e. The number of aromatic amines is 2. The molecule has 2 aromatic heterocycles. The number of benzene rings is 1. The normalized spacial score (nSPS) is 12.7. The predicted octanol–water partition coefficient (Wildman–Crippen LogP) is 3.37. The minimum absolute atomic E-state index is 0.316. The molecule has 0 aliphatic heterocycles. The molecule has 0 saturated carbocycles. The zero-order valence-corrected chi connectivity index (χ0v) is 13.1. The number of fused-ring (bicyclic) bond motifs is 1. The molecule has 0 spiro atoms. The molecule has 2 heterocycles. The number of rotatable bonds is 2. The fraction of sp³-hybridized carbons (Fsp3) is 0.0769. The standard InChI is InChI=1S/C13H8BrClN2O2S/c14-7-3-4-20-11(7)10(15)6-1-2-8-9(5-6)17-13(19)12(18)16-8/h1-5,10H,(H,16,18)(H,17,19). The summed E-state index contributed by atoms with van der Waals surface area (Å²) < 4.78 is 0.956. The van der Waals surface area contributed by atoms with Crippen LogP contribution in [0.4, 0.5) is 0 Å². The number of alkyl halides is 1. The minimum atomic E-state index is -0.668. The second-order valence-corrected chi connectivity index (χ2v) is 6.45. The predicted molar refractivity (Wildman–Crippen MR) is 84.9 cm³/mol. The van der Waals surface area contributed by atoms with Crippen LogP contribution in [0.15, 0.2) is 43.7 Å². The van der Waals surface area contributed by atoms with E-state index in [9.17, 15) is 9.59 Å². The van der Waals surface area contributed by atoms with E-state index in [2.05, 4.69) is 25.9 Å². The first-order valence-corrected chi connectivity index (χ1v) is 7.80. The van der Waals surface area contributed by atoms with Crippen molar-refractivity contribution in [3.05, 3.63) is 65.3 Å². The molecule has 0 amide bonds. The smallest absolute Gasteiger partial charge is 0.314 e. The van der Waals surface area contributed by atoms with Crippen molar-refractivity contribution in [1.82, 2.24) is 9.97 Å². The number of nitrogens with one attached hydrogen (secondary N) is 2. The average Bonchev–Trinajstić information content (AvgIpc) is 2.85. The van der Waals surface area contributed by atoms with E-state index < -0.39 is 11.1 Å². The molecule has 0 saturated heterocycles. The van der Waals surface area contributed by atoms with Crippen LogP contribution in [0.1, 0.15) is 15.8 Å². The lowest BCUT2D eigenvalue weighted by Crippen LogP contribution is -2.28. The number of aromatic nitrogens is 2. The Kier molecular flexibility index (Phi) is 3.54. The summed E-state index contributed by atoms with van der Waals surface area (Å²) in [4.78, 5) is 28.7. The third kappa shape index (κ3) is 2.34. The Labute approximate surface area is 130 Å². The minimum Gasteiger partial charge on any atom is -0.316 e. The molecule has 0 fully saturated rings. The van der Waals surface area contributed by atoms with Crippen molar-refractivity contribution in [2.24, 2.45) is 0 Å². The van der Waals surface area contributed by atoms with E-state index in [1.54, 1.807) is 23.5 Å². The van der Waals surface area contributed by atoms with E-state index in [0.717, 1.165) is 14.9 Å². The van der Waals surface area contributed by atoms with E-state index in [1.165, 1.54) is 0 Å². The van der Waals surface area contributed by atoms with Gasteiger partial charge < -0.3 is 9.97 Å². The van der Waals surface area contributed by atoms with Gasteiger partial charge in [-0.05, 0) is 45.1 Å². The Hall–Kier alpha value is -1.37. The van der Waals surface area contributed by atoms with Crippen molar-refractivity contribution in [2.75, 3.05) is 0 Å². The molecule has 3 rings (SSSR count). The Balaban J connectivity index is 2.14. The van der Waals surface area contributed by atoms with Crippen molar-refractivity contribution in [3.8, 4) is 0 Å². The summed E-state index contributed by atoms with van der Waals surface area (Å²) in [5.41, 5.74) is 0.662. The van der Waals surface area contributed by atoms with E-state index in [4.69, 9.17) is 11.6 Å². The molecule has 2 N–H and O–H groups in total. The molecule has 1 atom stereocenters. The molecule has 3 aromatic rings. The van der Waals surface area contributed by atoms with Crippen LogP contribution in [0.5, 0.6) is 0 Å². The van der Waals surface area contributed by atoms with Crippen LogP contribution in [-0.4, -0.2) is 9.97 Å². The summed E-state index contributed by atoms with van der Waals surface area (Å²) in [5, 5.41) is 1.64. The molecular formula is C13H8BrClN2O2S. The molecule has 7 heteroatoms. The fourth-order valence-electron chi connectivity index (χ4n) is 1.93. The Morgan fingerprint density at radius 2 is 1.80 bits per heavy atom. The number of thiophene rings is 1. The van der Waals surface area contributed by atoms with Gasteiger partial charge in [0.05, 0.1) is 16.4 Å². The second kappa shape index (κ2) is 5.20. The third-order valence-electron chi connectivity index (χ3n) is 2.91. The molecular weight excluding hydrogens is 364 g/mol. The molecule has 1 unspecified atom stereocenters. The van der Waals surface area contributed by atoms with Crippen LogP contribution in [0.3, 0.4) is 0 Å². The maximum atomic E-state index is 11.4. The molecule has 0 bridgehead atoms. The van der Waals surface area contributed by atoms with Crippen molar-refractivity contribution in [1.29, 1.82) is 0 Å². The van der Waals surface area contributed by atoms with Gasteiger partial charge in [-0.1, -0.05) is 6.07 Å². The summed E-state index contributed by atoms with van der Waals surface area (Å²) >= 11 is 11.5. The van der Waals surface area contributed by atoms with Crippen molar-refractivity contribution in [3.63, 3.8) is 0 Å². The molecule has 102 valence electrons. The molecule has 0 aliphatic rings. The van der Waals surface area contributed by atoms with Gasteiger partial charge in [-0.15, -0.1) is 22.9 Å². The van der Waals surface area contributed by atoms with Crippen molar-refractivity contribution in [2.45, 2.75) is 5.38 Å². The van der Waals surface area contributed by atoms with E-state index in [-0.39, 0.29) is 5.38 Å². The van der Waals surface area contributed by atoms with Crippen LogP contribution in [-0.2, 0) is 0 Å². The van der Waals surface area contributed by atoms with Crippen LogP contribution in [0.2, 0.25) is 0 Å². The van der Waals surface area contributed by atoms with Gasteiger partial charge >= 0.3 is 11.1 Å². The van der Waals surface area contributed by atoms with Gasteiger partial charge in [0.2, 0.25) is 0 Å². The first-order chi connectivity index (χ1) is 9.56. The maximum Gasteiger partial charge on any atom is 0.314 e. The van der Waals surface area contributed by atoms with Crippen LogP contribution in [0.25, 0.3) is 11.0 Å². The lowest BCUT2D eigenvalue weighted by atomic mass is 10.1. The molecule has 1 aromatic carbocycles. The summed E-state index contributed by atoms with van der Waals surface area (Å²) in [5.74, 6) is 0. The molecule has 0 aliphatic carbocycles. The van der Waals surface area contributed by atoms with Crippen LogP contribution < -0.4 is 11.1 Å². The number of halogens is 2. The van der Waals surface area contributed by atoms with Gasteiger partial charge in [0.1, 0.15) is 0 Å². The average molecular weight is 372 g/mol. The first kappa shape index (κ1) is 13.6. The van der Waals surface area contributed by atoms with Gasteiger partial charge in [-0.3, -0.25) is 9.59 Å². The summed E-state index contributed by atoms with van der Waals surface area (Å²) in [6, 6.07) is 7.28. The Bertz CT molecular complexity index is 899. The highest BCUT2D eigenvalue weighted by molar-refractivity contribution is 9.10. The lowest BCUT2D eigenvalue weighted by molar-refractivity contribution is 1.13. The van der Waals surface area contributed by atoms with Crippen LogP contribution in [0, 0.1) is 0 Å². The maximum absolute atomic E-state index is 11.4. The number of H-pyrrole nitrogens is 2. The summed E-state index contributed by atoms with van der Waals surface area (Å²) in [6.07, 6.45) is 0. The number of hydrogen-bond donors (Lipinski definition) is 2. The summed E-state index contributed by atoms with van der Waals surface area (Å²) in [7, 11) is 0. The monoisotopic (exact) mass is 370 g/mol. The Morgan fingerprint density at radius 3 is 2.45 bits per heavy atom. The third-order valence-corrected chi connectivity index (χ3v) is 5.45. The highest BCUT2D eigenvalue weighted by Gasteiger charge is 2.16. The molecule has 20 heavy (non-hydrogen) atoms. The van der Waals surface area contributed by atoms with Gasteiger partial charge in [0, 0.05) is 9.35 Å². The fourth-order valence-corrected chi connectivity index (χ4v) is 4.07. The second-order valence-electron chi connectivity index (χ2n) is 4.21. The van der Waals surface area contributed by atoms with Gasteiger partial charge in [-0.25, -0.2) is 0 Å². The SMILES string of the molecule is O=c1[nH]c2ccc(C(Cl)c3sccc3Br)cc2[nH]c1=O. The topological polar surface area (TPSA) is 65.7 Å². The van der Waals surface area contributed by atoms with Gasteiger partial charge in [-0.2, -0.15) is 0 Å². The highest BCUT2D eigenvalue weighted by Crippen LogP contribution is 2.37. The van der Waals surface area contributed by atoms with Crippen molar-refractivity contribution >= 4 is 49.9 Å². The van der Waals surface area contributed by atoms with E-state index in [0.29, 0.717) is 11.0 Å². The van der Waals surface area contributed by atoms with Crippen molar-refractivity contribution < 1.29 is 0 Å². The molecule has 4 nitrogen and oxygen atoms in total. The van der Waals surface area contributed by atoms with E-state index >= 15 is 0 Å². The number of hydrogen-bond acceptors (Lipinski definition) is 3. The zero-order chi connectivity index (χ0) is 14.3. The van der Waals surface area contributed by atoms with Gasteiger partial charge in [0.15, 0.2) is 0 Å². The highest BCUT2D eigenvalue weighted by atomic mass is 79.9. The van der Waals surface area contributed by atoms with Crippen LogP contribution >= 0.6 is 38.9 Å². The first-order valence-electron chi connectivity index (χ1n) is 5.69. The van der Waals surface area contributed by atoms with E-state index in [1.807, 2.05) is 17.5 Å². The molecule has 0 radical (unpaired) electrons. The zero-order valence-electron chi connectivity index (χ0n) is 9.94. The lowest BCUT2D eigenvalue weighted by Gasteiger charge is -2.09. The quantitative estimate of drug-likeness (QED) is 0.536. The summed E-state index contributed by atoms with van der Waals surface area (Å²) in [6.45, 7) is 0.